The predicted molar refractivity (Wildman–Crippen MR) is 138 cm³/mol. The molecule has 0 aliphatic carbocycles. The lowest BCUT2D eigenvalue weighted by Crippen LogP contribution is -2.17. The minimum Gasteiger partial charge on any atom is -0.494 e. The summed E-state index contributed by atoms with van der Waals surface area (Å²) in [6, 6.07) is 19.1. The van der Waals surface area contributed by atoms with Crippen LogP contribution >= 0.6 is 0 Å². The second-order valence-corrected chi connectivity index (χ2v) is 9.82. The summed E-state index contributed by atoms with van der Waals surface area (Å²) >= 11 is 0. The number of anilines is 1. The Kier molecular flexibility index (Phi) is 6.61. The van der Waals surface area contributed by atoms with Crippen LogP contribution < -0.4 is 15.0 Å². The average molecular weight is 491 g/mol. The largest absolute Gasteiger partial charge is 0.494 e. The highest BCUT2D eigenvalue weighted by Gasteiger charge is 2.18. The molecule has 1 aromatic heterocycles. The number of ether oxygens (including phenoxy) is 1. The zero-order valence-electron chi connectivity index (χ0n) is 19.9. The van der Waals surface area contributed by atoms with Crippen molar-refractivity contribution in [3.05, 3.63) is 99.5 Å². The zero-order valence-corrected chi connectivity index (χ0v) is 20.7. The Bertz CT molecular complexity index is 1580. The second kappa shape index (κ2) is 9.63. The van der Waals surface area contributed by atoms with E-state index in [2.05, 4.69) is 14.8 Å². The number of aliphatic imine (C=N–C) groups is 1. The van der Waals surface area contributed by atoms with Crippen molar-refractivity contribution in [2.24, 2.45) is 4.99 Å². The number of para-hydroxylation sites is 1. The summed E-state index contributed by atoms with van der Waals surface area (Å²) in [6.07, 6.45) is 1.46. The fourth-order valence-electron chi connectivity index (χ4n) is 3.62. The highest BCUT2D eigenvalue weighted by atomic mass is 32.2. The third kappa shape index (κ3) is 5.04. The summed E-state index contributed by atoms with van der Waals surface area (Å²) in [5.41, 5.74) is 4.28. The van der Waals surface area contributed by atoms with E-state index in [1.54, 1.807) is 25.1 Å². The van der Waals surface area contributed by atoms with E-state index in [1.807, 2.05) is 50.2 Å². The molecule has 0 spiro atoms. The first-order valence-electron chi connectivity index (χ1n) is 10.9. The van der Waals surface area contributed by atoms with E-state index < -0.39 is 10.0 Å². The molecule has 0 radical (unpaired) electrons. The first-order chi connectivity index (χ1) is 16.7. The number of benzene rings is 3. The second-order valence-electron chi connectivity index (χ2n) is 8.14. The van der Waals surface area contributed by atoms with Gasteiger partial charge in [0.2, 0.25) is 0 Å². The Labute approximate surface area is 204 Å². The molecule has 9 heteroatoms. The van der Waals surface area contributed by atoms with Crippen LogP contribution in [-0.4, -0.2) is 31.5 Å². The lowest BCUT2D eigenvalue weighted by Gasteiger charge is -2.12. The van der Waals surface area contributed by atoms with Crippen LogP contribution in [0, 0.1) is 20.8 Å². The summed E-state index contributed by atoms with van der Waals surface area (Å²) in [5, 5.41) is 3.07. The van der Waals surface area contributed by atoms with E-state index in [9.17, 15) is 13.2 Å². The fraction of sp³-hybridized carbons (Fsp3) is 0.154. The molecular weight excluding hydrogens is 464 g/mol. The van der Waals surface area contributed by atoms with E-state index in [1.165, 1.54) is 30.1 Å². The van der Waals surface area contributed by atoms with Crippen LogP contribution in [-0.2, 0) is 10.0 Å². The number of hydrogen-bond donors (Lipinski definition) is 2. The summed E-state index contributed by atoms with van der Waals surface area (Å²) in [5.74, 6) is 0.265. The van der Waals surface area contributed by atoms with Crippen LogP contribution in [0.5, 0.6) is 5.75 Å². The monoisotopic (exact) mass is 490 g/mol. The summed E-state index contributed by atoms with van der Waals surface area (Å²) in [7, 11) is -2.40. The molecule has 0 atom stereocenters. The minimum atomic E-state index is -3.84. The predicted octanol–water partition coefficient (Wildman–Crippen LogP) is 4.65. The van der Waals surface area contributed by atoms with Gasteiger partial charge in [-0.25, -0.2) is 13.1 Å². The van der Waals surface area contributed by atoms with Gasteiger partial charge in [-0.1, -0.05) is 30.3 Å². The molecule has 4 rings (SSSR count). The summed E-state index contributed by atoms with van der Waals surface area (Å²) < 4.78 is 35.3. The van der Waals surface area contributed by atoms with Crippen LogP contribution in [0.15, 0.2) is 81.4 Å². The normalized spacial score (nSPS) is 11.7. The van der Waals surface area contributed by atoms with Gasteiger partial charge in [0.15, 0.2) is 0 Å². The summed E-state index contributed by atoms with van der Waals surface area (Å²) in [6.45, 7) is 5.57. The van der Waals surface area contributed by atoms with Crippen LogP contribution in [0.25, 0.3) is 5.69 Å². The molecule has 0 saturated heterocycles. The maximum atomic E-state index is 13.0. The Morgan fingerprint density at radius 2 is 1.77 bits per heavy atom. The van der Waals surface area contributed by atoms with Crippen LogP contribution in [0.4, 0.5) is 11.4 Å². The van der Waals surface area contributed by atoms with Gasteiger partial charge >= 0.3 is 0 Å². The number of methoxy groups -OCH3 is 1. The van der Waals surface area contributed by atoms with Crippen LogP contribution in [0.1, 0.15) is 22.4 Å². The number of aromatic amines is 1. The fourth-order valence-corrected chi connectivity index (χ4v) is 4.76. The van der Waals surface area contributed by atoms with Crippen molar-refractivity contribution >= 4 is 27.6 Å². The van der Waals surface area contributed by atoms with Crippen molar-refractivity contribution < 1.29 is 13.2 Å². The first-order valence-corrected chi connectivity index (χ1v) is 12.4. The van der Waals surface area contributed by atoms with E-state index in [-0.39, 0.29) is 16.2 Å². The number of nitrogens with zero attached hydrogens (tertiary/aromatic N) is 2. The van der Waals surface area contributed by atoms with Crippen molar-refractivity contribution in [2.45, 2.75) is 25.7 Å². The Morgan fingerprint density at radius 1 is 1.00 bits per heavy atom. The molecule has 0 saturated carbocycles. The van der Waals surface area contributed by atoms with Gasteiger partial charge in [0.05, 0.1) is 28.9 Å². The van der Waals surface area contributed by atoms with Crippen LogP contribution in [0.3, 0.4) is 0 Å². The standard InChI is InChI=1S/C26H26N4O4S/c1-17-8-7-10-20(14-17)30-26(31)22(19(3)28-30)16-27-24-13-12-21(15-25(24)34-4)35(32,33)29-23-11-6-5-9-18(23)2/h5-16,28-29H,1-4H3. The minimum absolute atomic E-state index is 0.0381. The molecule has 0 aliphatic rings. The number of rotatable bonds is 7. The van der Waals surface area contributed by atoms with Crippen molar-refractivity contribution in [3.8, 4) is 11.4 Å². The molecule has 0 aliphatic heterocycles. The Morgan fingerprint density at radius 3 is 2.49 bits per heavy atom. The van der Waals surface area contributed by atoms with Gasteiger partial charge < -0.3 is 4.74 Å². The Balaban J connectivity index is 1.64. The van der Waals surface area contributed by atoms with Gasteiger partial charge in [0.25, 0.3) is 15.6 Å². The highest BCUT2D eigenvalue weighted by molar-refractivity contribution is 7.92. The molecule has 4 aromatic rings. The molecular formula is C26H26N4O4S. The first kappa shape index (κ1) is 24.0. The molecule has 0 bridgehead atoms. The van der Waals surface area contributed by atoms with E-state index in [0.717, 1.165) is 16.8 Å². The lowest BCUT2D eigenvalue weighted by atomic mass is 10.2. The van der Waals surface area contributed by atoms with Gasteiger partial charge in [-0.2, -0.15) is 0 Å². The number of hydrogen-bond acceptors (Lipinski definition) is 5. The van der Waals surface area contributed by atoms with Crippen molar-refractivity contribution in [3.63, 3.8) is 0 Å². The van der Waals surface area contributed by atoms with Gasteiger partial charge in [-0.15, -0.1) is 0 Å². The number of H-pyrrole nitrogens is 1. The van der Waals surface area contributed by atoms with Crippen molar-refractivity contribution in [1.82, 2.24) is 9.78 Å². The average Bonchev–Trinajstić information content (AvgIpc) is 3.12. The molecule has 35 heavy (non-hydrogen) atoms. The number of aromatic nitrogens is 2. The van der Waals surface area contributed by atoms with Gasteiger partial charge in [-0.3, -0.25) is 19.6 Å². The van der Waals surface area contributed by atoms with Gasteiger partial charge in [0, 0.05) is 18.0 Å². The number of sulfonamides is 1. The third-order valence-electron chi connectivity index (χ3n) is 5.56. The van der Waals surface area contributed by atoms with Crippen LogP contribution in [0.2, 0.25) is 0 Å². The molecule has 1 heterocycles. The topological polar surface area (TPSA) is 106 Å². The quantitative estimate of drug-likeness (QED) is 0.368. The molecule has 3 aromatic carbocycles. The molecule has 8 nitrogen and oxygen atoms in total. The lowest BCUT2D eigenvalue weighted by molar-refractivity contribution is 0.415. The number of aryl methyl sites for hydroxylation is 3. The highest BCUT2D eigenvalue weighted by Crippen LogP contribution is 2.31. The van der Waals surface area contributed by atoms with E-state index in [4.69, 9.17) is 4.74 Å². The van der Waals surface area contributed by atoms with E-state index in [0.29, 0.717) is 22.6 Å². The van der Waals surface area contributed by atoms with Crippen molar-refractivity contribution in [1.29, 1.82) is 0 Å². The summed E-state index contributed by atoms with van der Waals surface area (Å²) in [4.78, 5) is 17.4. The maximum absolute atomic E-state index is 13.0. The molecule has 180 valence electrons. The SMILES string of the molecule is COc1cc(S(=O)(=O)Nc2ccccc2C)ccc1N=Cc1c(C)[nH]n(-c2cccc(C)c2)c1=O. The molecule has 0 fully saturated rings. The van der Waals surface area contributed by atoms with E-state index >= 15 is 0 Å². The van der Waals surface area contributed by atoms with Gasteiger partial charge in [0.1, 0.15) is 11.4 Å². The number of nitrogens with one attached hydrogen (secondary N) is 2. The smallest absolute Gasteiger partial charge is 0.280 e. The van der Waals surface area contributed by atoms with Gasteiger partial charge in [-0.05, 0) is 62.2 Å². The zero-order chi connectivity index (χ0) is 25.2. The maximum Gasteiger partial charge on any atom is 0.280 e. The molecule has 0 unspecified atom stereocenters. The molecule has 0 amide bonds. The molecule has 2 N–H and O–H groups in total. The third-order valence-corrected chi connectivity index (χ3v) is 6.92. The van der Waals surface area contributed by atoms with Crippen molar-refractivity contribution in [2.75, 3.05) is 11.8 Å². The Hall–Kier alpha value is -4.11.